The Morgan fingerprint density at radius 1 is 1.15 bits per heavy atom. The first-order valence-corrected chi connectivity index (χ1v) is 9.03. The van der Waals surface area contributed by atoms with Gasteiger partial charge in [0, 0.05) is 68.0 Å². The van der Waals surface area contributed by atoms with E-state index in [2.05, 4.69) is 25.8 Å². The average molecular weight is 363 g/mol. The van der Waals surface area contributed by atoms with Crippen LogP contribution in [0, 0.1) is 17.0 Å². The van der Waals surface area contributed by atoms with E-state index in [1.54, 1.807) is 12.3 Å². The molecular formula is C20H21N5O2. The summed E-state index contributed by atoms with van der Waals surface area (Å²) in [4.78, 5) is 24.3. The minimum absolute atomic E-state index is 0.0627. The molecule has 1 aliphatic rings. The molecule has 0 atom stereocenters. The largest absolute Gasteiger partial charge is 0.368 e. The van der Waals surface area contributed by atoms with Crippen molar-refractivity contribution >= 4 is 22.3 Å². The highest BCUT2D eigenvalue weighted by molar-refractivity contribution is 5.97. The van der Waals surface area contributed by atoms with Crippen molar-refractivity contribution in [1.82, 2.24) is 14.9 Å². The number of nitro benzene ring substituents is 1. The van der Waals surface area contributed by atoms with Gasteiger partial charge in [0.15, 0.2) is 5.52 Å². The van der Waals surface area contributed by atoms with Crippen LogP contribution in [0.25, 0.3) is 10.9 Å². The number of anilines is 1. The molecule has 0 spiro atoms. The van der Waals surface area contributed by atoms with Gasteiger partial charge in [-0.1, -0.05) is 18.2 Å². The van der Waals surface area contributed by atoms with E-state index in [1.165, 1.54) is 11.6 Å². The van der Waals surface area contributed by atoms with Crippen LogP contribution in [0.5, 0.6) is 0 Å². The summed E-state index contributed by atoms with van der Waals surface area (Å²) in [5, 5.41) is 12.2. The maximum Gasteiger partial charge on any atom is 0.295 e. The van der Waals surface area contributed by atoms with Crippen LogP contribution in [0.4, 0.5) is 11.4 Å². The van der Waals surface area contributed by atoms with Gasteiger partial charge in [0.2, 0.25) is 0 Å². The highest BCUT2D eigenvalue weighted by Gasteiger charge is 2.22. The minimum atomic E-state index is -0.357. The van der Waals surface area contributed by atoms with Crippen molar-refractivity contribution in [2.45, 2.75) is 13.5 Å². The summed E-state index contributed by atoms with van der Waals surface area (Å²) in [5.41, 5.74) is 3.57. The van der Waals surface area contributed by atoms with E-state index >= 15 is 0 Å². The fraction of sp³-hybridized carbons (Fsp3) is 0.300. The number of rotatable bonds is 4. The Labute approximate surface area is 157 Å². The van der Waals surface area contributed by atoms with Gasteiger partial charge in [0.25, 0.3) is 5.69 Å². The number of hydrogen-bond acceptors (Lipinski definition) is 6. The standard InChI is InChI=1S/C20H21N5O2/c1-15-12-19(17-5-2-6-18(25(26)27)20(17)22-15)24-10-8-23(9-11-24)14-16-4-3-7-21-13-16/h2-7,12-13H,8-11,14H2,1H3. The molecule has 0 saturated carbocycles. The Morgan fingerprint density at radius 3 is 2.67 bits per heavy atom. The Balaban J connectivity index is 1.57. The summed E-state index contributed by atoms with van der Waals surface area (Å²) < 4.78 is 0. The molecule has 1 aromatic carbocycles. The van der Waals surface area contributed by atoms with E-state index in [4.69, 9.17) is 0 Å². The quantitative estimate of drug-likeness (QED) is 0.523. The van der Waals surface area contributed by atoms with E-state index in [0.29, 0.717) is 5.52 Å². The van der Waals surface area contributed by atoms with Crippen molar-refractivity contribution in [3.8, 4) is 0 Å². The number of hydrogen-bond donors (Lipinski definition) is 0. The summed E-state index contributed by atoms with van der Waals surface area (Å²) in [6, 6.07) is 11.3. The van der Waals surface area contributed by atoms with Crippen molar-refractivity contribution in [2.75, 3.05) is 31.1 Å². The van der Waals surface area contributed by atoms with Crippen molar-refractivity contribution in [2.24, 2.45) is 0 Å². The number of aryl methyl sites for hydroxylation is 1. The van der Waals surface area contributed by atoms with Crippen LogP contribution in [0.2, 0.25) is 0 Å². The number of piperazine rings is 1. The SMILES string of the molecule is Cc1cc(N2CCN(Cc3cccnc3)CC2)c2cccc([N+](=O)[O-])c2n1. The minimum Gasteiger partial charge on any atom is -0.368 e. The predicted octanol–water partition coefficient (Wildman–Crippen LogP) is 3.17. The molecular weight excluding hydrogens is 342 g/mol. The number of pyridine rings is 2. The molecule has 0 amide bonds. The van der Waals surface area contributed by atoms with Crippen LogP contribution < -0.4 is 4.90 Å². The zero-order valence-corrected chi connectivity index (χ0v) is 15.2. The lowest BCUT2D eigenvalue weighted by Gasteiger charge is -2.36. The fourth-order valence-electron chi connectivity index (χ4n) is 3.65. The van der Waals surface area contributed by atoms with Gasteiger partial charge in [0.1, 0.15) is 0 Å². The Bertz CT molecular complexity index is 969. The summed E-state index contributed by atoms with van der Waals surface area (Å²) in [6.07, 6.45) is 3.70. The van der Waals surface area contributed by atoms with Gasteiger partial charge in [-0.2, -0.15) is 0 Å². The van der Waals surface area contributed by atoms with E-state index in [1.807, 2.05) is 31.3 Å². The third kappa shape index (κ3) is 3.59. The number of para-hydroxylation sites is 1. The van der Waals surface area contributed by atoms with E-state index in [9.17, 15) is 10.1 Å². The lowest BCUT2D eigenvalue weighted by Crippen LogP contribution is -2.46. The van der Waals surface area contributed by atoms with Gasteiger partial charge in [-0.05, 0) is 24.6 Å². The average Bonchev–Trinajstić information content (AvgIpc) is 2.68. The normalized spacial score (nSPS) is 15.2. The number of fused-ring (bicyclic) bond motifs is 1. The van der Waals surface area contributed by atoms with Gasteiger partial charge in [-0.3, -0.25) is 20.0 Å². The molecule has 3 heterocycles. The fourth-order valence-corrected chi connectivity index (χ4v) is 3.65. The smallest absolute Gasteiger partial charge is 0.295 e. The zero-order valence-electron chi connectivity index (χ0n) is 15.2. The Morgan fingerprint density at radius 2 is 1.96 bits per heavy atom. The maximum absolute atomic E-state index is 11.4. The van der Waals surface area contributed by atoms with E-state index in [0.717, 1.165) is 49.5 Å². The van der Waals surface area contributed by atoms with Crippen LogP contribution in [-0.4, -0.2) is 46.0 Å². The van der Waals surface area contributed by atoms with Gasteiger partial charge in [0.05, 0.1) is 4.92 Å². The molecule has 0 N–H and O–H groups in total. The second-order valence-electron chi connectivity index (χ2n) is 6.84. The molecule has 2 aromatic heterocycles. The molecule has 7 nitrogen and oxygen atoms in total. The molecule has 3 aromatic rings. The van der Waals surface area contributed by atoms with Crippen molar-refractivity contribution in [3.63, 3.8) is 0 Å². The monoisotopic (exact) mass is 363 g/mol. The first kappa shape index (κ1) is 17.4. The van der Waals surface area contributed by atoms with Crippen molar-refractivity contribution in [3.05, 3.63) is 70.2 Å². The second kappa shape index (κ2) is 7.28. The number of nitro groups is 1. The third-order valence-corrected chi connectivity index (χ3v) is 4.96. The zero-order chi connectivity index (χ0) is 18.8. The van der Waals surface area contributed by atoms with Crippen LogP contribution >= 0.6 is 0 Å². The summed E-state index contributed by atoms with van der Waals surface area (Å²) in [7, 11) is 0. The maximum atomic E-state index is 11.4. The summed E-state index contributed by atoms with van der Waals surface area (Å²) in [5.74, 6) is 0. The second-order valence-corrected chi connectivity index (χ2v) is 6.84. The predicted molar refractivity (Wildman–Crippen MR) is 105 cm³/mol. The molecule has 138 valence electrons. The molecule has 27 heavy (non-hydrogen) atoms. The van der Waals surface area contributed by atoms with E-state index in [-0.39, 0.29) is 10.6 Å². The molecule has 1 saturated heterocycles. The topological polar surface area (TPSA) is 75.4 Å². The molecule has 0 bridgehead atoms. The van der Waals surface area contributed by atoms with Crippen LogP contribution in [-0.2, 0) is 6.54 Å². The molecule has 4 rings (SSSR count). The van der Waals surface area contributed by atoms with Crippen LogP contribution in [0.3, 0.4) is 0 Å². The molecule has 7 heteroatoms. The van der Waals surface area contributed by atoms with Gasteiger partial charge in [-0.25, -0.2) is 4.98 Å². The number of aromatic nitrogens is 2. The van der Waals surface area contributed by atoms with Crippen LogP contribution in [0.15, 0.2) is 48.8 Å². The summed E-state index contributed by atoms with van der Waals surface area (Å²) >= 11 is 0. The molecule has 0 unspecified atom stereocenters. The lowest BCUT2D eigenvalue weighted by atomic mass is 10.1. The van der Waals surface area contributed by atoms with Gasteiger partial charge < -0.3 is 4.90 Å². The van der Waals surface area contributed by atoms with Gasteiger partial charge in [-0.15, -0.1) is 0 Å². The molecule has 1 aliphatic heterocycles. The first-order valence-electron chi connectivity index (χ1n) is 9.03. The lowest BCUT2D eigenvalue weighted by molar-refractivity contribution is -0.383. The first-order chi connectivity index (χ1) is 13.1. The highest BCUT2D eigenvalue weighted by atomic mass is 16.6. The van der Waals surface area contributed by atoms with Crippen molar-refractivity contribution in [1.29, 1.82) is 0 Å². The highest BCUT2D eigenvalue weighted by Crippen LogP contribution is 2.32. The number of non-ortho nitro benzene ring substituents is 1. The van der Waals surface area contributed by atoms with E-state index < -0.39 is 0 Å². The van der Waals surface area contributed by atoms with Crippen LogP contribution in [0.1, 0.15) is 11.3 Å². The Kier molecular flexibility index (Phi) is 4.68. The number of benzene rings is 1. The molecule has 1 fully saturated rings. The Hall–Kier alpha value is -3.06. The van der Waals surface area contributed by atoms with Gasteiger partial charge >= 0.3 is 0 Å². The molecule has 0 aliphatic carbocycles. The third-order valence-electron chi connectivity index (χ3n) is 4.96. The number of nitrogens with zero attached hydrogens (tertiary/aromatic N) is 5. The molecule has 0 radical (unpaired) electrons. The summed E-state index contributed by atoms with van der Waals surface area (Å²) in [6.45, 7) is 6.41. The van der Waals surface area contributed by atoms with Crippen molar-refractivity contribution < 1.29 is 4.92 Å².